The Morgan fingerprint density at radius 1 is 0.615 bits per heavy atom. The van der Waals surface area contributed by atoms with Gasteiger partial charge in [0.2, 0.25) is 0 Å². The number of hydrogen-bond donors (Lipinski definition) is 0. The highest BCUT2D eigenvalue weighted by atomic mass is 127. The molecule has 0 fully saturated rings. The summed E-state index contributed by atoms with van der Waals surface area (Å²) in [5.41, 5.74) is 0. The Bertz CT molecular complexity index is 301. The van der Waals surface area contributed by atoms with Gasteiger partial charge < -0.3 is 4.48 Å². The van der Waals surface area contributed by atoms with Gasteiger partial charge >= 0.3 is 0 Å². The molecule has 1 nitrogen and oxygen atoms in total. The largest absolute Gasteiger partial charge is 0.305 e. The number of nitrogens with zero attached hydrogens (tertiary/aromatic N) is 1. The Morgan fingerprint density at radius 3 is 1.27 bits per heavy atom. The minimum absolute atomic E-state index is 0.927. The summed E-state index contributed by atoms with van der Waals surface area (Å²) in [7, 11) is 0. The molecule has 0 N–H and O–H groups in total. The highest BCUT2D eigenvalue weighted by Gasteiger charge is 2.23. The van der Waals surface area contributed by atoms with Crippen LogP contribution < -0.4 is 0 Å². The predicted octanol–water partition coefficient (Wildman–Crippen LogP) is 8.11. The van der Waals surface area contributed by atoms with Crippen LogP contribution in [-0.4, -0.2) is 28.7 Å². The first-order valence-corrected chi connectivity index (χ1v) is 13.1. The third kappa shape index (κ3) is 15.3. The van der Waals surface area contributed by atoms with E-state index in [9.17, 15) is 0 Å². The van der Waals surface area contributed by atoms with E-state index in [0.717, 1.165) is 11.0 Å². The van der Waals surface area contributed by atoms with Crippen molar-refractivity contribution in [3.8, 4) is 12.3 Å². The molecule has 2 heteroatoms. The quantitative estimate of drug-likeness (QED) is 0.0416. The Balaban J connectivity index is 3.88. The molecular weight excluding hydrogens is 429 g/mol. The Morgan fingerprint density at radius 2 is 0.962 bits per heavy atom. The van der Waals surface area contributed by atoms with Gasteiger partial charge in [-0.15, -0.1) is 6.42 Å². The lowest BCUT2D eigenvalue weighted by Gasteiger charge is -2.35. The minimum atomic E-state index is 0.927. The maximum absolute atomic E-state index is 5.72. The first-order valence-electron chi connectivity index (χ1n) is 11.6. The van der Waals surface area contributed by atoms with Gasteiger partial charge in [-0.25, -0.2) is 0 Å². The van der Waals surface area contributed by atoms with Crippen molar-refractivity contribution in [3.05, 3.63) is 0 Å². The molecule has 26 heavy (non-hydrogen) atoms. The molecule has 0 aliphatic carbocycles. The average Bonchev–Trinajstić information content (AvgIpc) is 2.66. The second kappa shape index (κ2) is 20.0. The van der Waals surface area contributed by atoms with Crippen molar-refractivity contribution < 1.29 is 4.48 Å². The van der Waals surface area contributed by atoms with Gasteiger partial charge in [0.25, 0.3) is 0 Å². The van der Waals surface area contributed by atoms with Crippen LogP contribution in [0, 0.1) is 12.3 Å². The van der Waals surface area contributed by atoms with Crippen molar-refractivity contribution in [2.45, 2.75) is 117 Å². The van der Waals surface area contributed by atoms with Gasteiger partial charge in [0.1, 0.15) is 11.1 Å². The van der Waals surface area contributed by atoms with Gasteiger partial charge in [-0.3, -0.25) is 0 Å². The zero-order chi connectivity index (χ0) is 19.3. The maximum atomic E-state index is 5.72. The fourth-order valence-electron chi connectivity index (χ4n) is 3.79. The zero-order valence-electron chi connectivity index (χ0n) is 18.0. The Labute approximate surface area is 179 Å². The fourth-order valence-corrected chi connectivity index (χ4v) is 4.71. The number of unbranched alkanes of at least 4 members (excludes halogenated alkanes) is 14. The summed E-state index contributed by atoms with van der Waals surface area (Å²) in [6.45, 7) is 8.09. The molecule has 0 aromatic heterocycles. The summed E-state index contributed by atoms with van der Waals surface area (Å²) >= 11 is 2.57. The number of terminal acetylenes is 1. The molecule has 0 radical (unpaired) electrons. The molecule has 0 bridgehead atoms. The van der Waals surface area contributed by atoms with Crippen LogP contribution in [0.5, 0.6) is 0 Å². The first kappa shape index (κ1) is 26.2. The van der Waals surface area contributed by atoms with Gasteiger partial charge in [-0.05, 0) is 54.2 Å². The van der Waals surface area contributed by atoms with E-state index in [1.165, 1.54) is 120 Å². The van der Waals surface area contributed by atoms with Crippen molar-refractivity contribution >= 4 is 22.6 Å². The molecular formula is C24H47IN+. The number of alkyl halides is 1. The van der Waals surface area contributed by atoms with E-state index in [-0.39, 0.29) is 0 Å². The van der Waals surface area contributed by atoms with Crippen molar-refractivity contribution in [1.29, 1.82) is 0 Å². The monoisotopic (exact) mass is 476 g/mol. The topological polar surface area (TPSA) is 0 Å². The van der Waals surface area contributed by atoms with Crippen LogP contribution in [0.4, 0.5) is 0 Å². The van der Waals surface area contributed by atoms with Crippen LogP contribution in [-0.2, 0) is 0 Å². The van der Waals surface area contributed by atoms with E-state index in [1.54, 1.807) is 0 Å². The van der Waals surface area contributed by atoms with Crippen molar-refractivity contribution in [2.24, 2.45) is 0 Å². The maximum Gasteiger partial charge on any atom is 0.141 e. The number of quaternary nitrogens is 1. The summed E-state index contributed by atoms with van der Waals surface area (Å²) < 4.78 is 2.33. The first-order chi connectivity index (χ1) is 12.7. The van der Waals surface area contributed by atoms with Crippen LogP contribution >= 0.6 is 22.6 Å². The summed E-state index contributed by atoms with van der Waals surface area (Å²) in [4.78, 5) is 0. The molecule has 0 unspecified atom stereocenters. The van der Waals surface area contributed by atoms with Gasteiger partial charge in [0.15, 0.2) is 0 Å². The van der Waals surface area contributed by atoms with E-state index < -0.39 is 0 Å². The van der Waals surface area contributed by atoms with Gasteiger partial charge in [-0.1, -0.05) is 90.9 Å². The van der Waals surface area contributed by atoms with E-state index >= 15 is 0 Å². The lowest BCUT2D eigenvalue weighted by atomic mass is 10.1. The van der Waals surface area contributed by atoms with Crippen molar-refractivity contribution in [3.63, 3.8) is 0 Å². The van der Waals surface area contributed by atoms with Crippen LogP contribution in [0.25, 0.3) is 0 Å². The third-order valence-electron chi connectivity index (χ3n) is 5.65. The molecule has 0 amide bonds. The predicted molar refractivity (Wildman–Crippen MR) is 128 cm³/mol. The van der Waals surface area contributed by atoms with Crippen molar-refractivity contribution in [2.75, 3.05) is 24.2 Å². The lowest BCUT2D eigenvalue weighted by Crippen LogP contribution is -2.48. The summed E-state index contributed by atoms with van der Waals surface area (Å²) in [5, 5.41) is 0. The Hall–Kier alpha value is 0.250. The summed E-state index contributed by atoms with van der Waals surface area (Å²) in [6.07, 6.45) is 28.2. The summed E-state index contributed by atoms with van der Waals surface area (Å²) in [5.74, 6) is 2.98. The van der Waals surface area contributed by atoms with E-state index in [0.29, 0.717) is 0 Å². The van der Waals surface area contributed by atoms with Gasteiger partial charge in [-0.2, -0.15) is 0 Å². The number of halogens is 1. The zero-order valence-corrected chi connectivity index (χ0v) is 20.2. The fraction of sp³-hybridized carbons (Fsp3) is 0.917. The molecule has 0 atom stereocenters. The van der Waals surface area contributed by atoms with Gasteiger partial charge in [0, 0.05) is 0 Å². The lowest BCUT2D eigenvalue weighted by molar-refractivity contribution is -0.906. The normalized spacial score (nSPS) is 11.6. The molecule has 0 heterocycles. The minimum Gasteiger partial charge on any atom is -0.305 e. The van der Waals surface area contributed by atoms with Crippen molar-refractivity contribution in [1.82, 2.24) is 0 Å². The molecule has 0 saturated carbocycles. The molecule has 0 aromatic rings. The van der Waals surface area contributed by atoms with Crippen LogP contribution in [0.2, 0.25) is 0 Å². The molecule has 0 saturated heterocycles. The Kier molecular flexibility index (Phi) is 20.2. The van der Waals surface area contributed by atoms with E-state index in [2.05, 4.69) is 42.4 Å². The molecule has 0 aliphatic rings. The molecule has 154 valence electrons. The average molecular weight is 477 g/mol. The van der Waals surface area contributed by atoms with Crippen LogP contribution in [0.1, 0.15) is 117 Å². The molecule has 0 aliphatic heterocycles. The van der Waals surface area contributed by atoms with Crippen LogP contribution in [0.3, 0.4) is 0 Å². The molecule has 0 rings (SSSR count). The molecule has 0 aromatic carbocycles. The summed E-state index contributed by atoms with van der Waals surface area (Å²) in [6, 6.07) is 0. The number of hydrogen-bond acceptors (Lipinski definition) is 0. The molecule has 0 spiro atoms. The second-order valence-corrected chi connectivity index (χ2v) is 8.90. The third-order valence-corrected chi connectivity index (χ3v) is 7.10. The second-order valence-electron chi connectivity index (χ2n) is 8.22. The SMILES string of the molecule is C#CC[N+](CI)(CCCCCCCCCC)CCCCCCCCCC. The van der Waals surface area contributed by atoms with Crippen LogP contribution in [0.15, 0.2) is 0 Å². The number of rotatable bonds is 20. The highest BCUT2D eigenvalue weighted by Crippen LogP contribution is 2.18. The van der Waals surface area contributed by atoms with Gasteiger partial charge in [0.05, 0.1) is 13.1 Å². The highest BCUT2D eigenvalue weighted by molar-refractivity contribution is 14.1. The van der Waals surface area contributed by atoms with E-state index in [4.69, 9.17) is 6.42 Å². The smallest absolute Gasteiger partial charge is 0.141 e. The van der Waals surface area contributed by atoms with E-state index in [1.807, 2.05) is 0 Å². The standard InChI is InChI=1S/C24H47IN/c1-4-7-9-11-13-15-17-19-22-26(24-25,21-6-3)23-20-18-16-14-12-10-8-5-2/h3H,4-5,7-24H2,1-2H3/q+1.